The molecule has 0 saturated carbocycles. The van der Waals surface area contributed by atoms with E-state index in [0.29, 0.717) is 17.3 Å². The van der Waals surface area contributed by atoms with Crippen molar-refractivity contribution in [3.05, 3.63) is 54.2 Å². The first kappa shape index (κ1) is 15.3. The Bertz CT molecular complexity index is 876. The Morgan fingerprint density at radius 1 is 1.12 bits per heavy atom. The highest BCUT2D eigenvalue weighted by atomic mass is 16.5. The van der Waals surface area contributed by atoms with E-state index in [2.05, 4.69) is 31.1 Å². The van der Waals surface area contributed by atoms with Crippen LogP contribution in [0, 0.1) is 11.3 Å². The summed E-state index contributed by atoms with van der Waals surface area (Å²) in [5.74, 6) is 2.36. The van der Waals surface area contributed by atoms with E-state index < -0.39 is 0 Å². The van der Waals surface area contributed by atoms with Crippen LogP contribution in [0.2, 0.25) is 0 Å². The van der Waals surface area contributed by atoms with E-state index in [1.807, 2.05) is 24.3 Å². The first-order chi connectivity index (χ1) is 12.3. The lowest BCUT2D eigenvalue weighted by Crippen LogP contribution is -2.33. The Morgan fingerprint density at radius 3 is 2.68 bits per heavy atom. The Hall–Kier alpha value is -3.27. The normalized spacial score (nSPS) is 15.1. The van der Waals surface area contributed by atoms with Gasteiger partial charge in [0.1, 0.15) is 17.6 Å². The molecule has 0 amide bonds. The van der Waals surface area contributed by atoms with E-state index in [1.54, 1.807) is 18.5 Å². The topological polar surface area (TPSA) is 91.7 Å². The van der Waals surface area contributed by atoms with Crippen molar-refractivity contribution in [1.29, 1.82) is 5.26 Å². The summed E-state index contributed by atoms with van der Waals surface area (Å²) in [4.78, 5) is 15.3. The van der Waals surface area contributed by atoms with Gasteiger partial charge >= 0.3 is 0 Å². The fourth-order valence-corrected chi connectivity index (χ4v) is 2.99. The van der Waals surface area contributed by atoms with Crippen LogP contribution in [-0.4, -0.2) is 33.2 Å². The van der Waals surface area contributed by atoms with Gasteiger partial charge in [0.2, 0.25) is 11.7 Å². The smallest absolute Gasteiger partial charge is 0.230 e. The molecular formula is C18H16N6O. The number of piperidine rings is 1. The van der Waals surface area contributed by atoms with Gasteiger partial charge in [-0.1, -0.05) is 11.2 Å². The number of hydrogen-bond acceptors (Lipinski definition) is 7. The molecule has 7 heteroatoms. The zero-order valence-corrected chi connectivity index (χ0v) is 13.5. The van der Waals surface area contributed by atoms with Gasteiger partial charge in [0.15, 0.2) is 0 Å². The molecule has 4 rings (SSSR count). The second kappa shape index (κ2) is 6.69. The maximum atomic E-state index is 8.85. The van der Waals surface area contributed by atoms with Crippen LogP contribution in [0.3, 0.4) is 0 Å². The van der Waals surface area contributed by atoms with Crippen molar-refractivity contribution in [1.82, 2.24) is 20.1 Å². The molecule has 3 aromatic rings. The molecule has 1 fully saturated rings. The lowest BCUT2D eigenvalue weighted by molar-refractivity contribution is 0.329. The molecule has 4 heterocycles. The molecule has 1 aliphatic rings. The fraction of sp³-hybridized carbons (Fsp3) is 0.278. The van der Waals surface area contributed by atoms with Gasteiger partial charge in [-0.15, -0.1) is 0 Å². The highest BCUT2D eigenvalue weighted by Crippen LogP contribution is 2.29. The monoisotopic (exact) mass is 332 g/mol. The highest BCUT2D eigenvalue weighted by Gasteiger charge is 2.26. The van der Waals surface area contributed by atoms with Crippen LogP contribution in [0.5, 0.6) is 0 Å². The van der Waals surface area contributed by atoms with E-state index in [4.69, 9.17) is 9.78 Å². The SMILES string of the molecule is N#Cc1ccc(N2CCC(c3nc(-c4ccccn4)no3)CC2)nc1. The van der Waals surface area contributed by atoms with Crippen LogP contribution in [0.15, 0.2) is 47.2 Å². The van der Waals surface area contributed by atoms with Crippen molar-refractivity contribution in [3.63, 3.8) is 0 Å². The summed E-state index contributed by atoms with van der Waals surface area (Å²) in [6.07, 6.45) is 5.17. The molecule has 0 aliphatic carbocycles. The molecule has 0 bridgehead atoms. The van der Waals surface area contributed by atoms with Gasteiger partial charge in [0.05, 0.1) is 5.56 Å². The quantitative estimate of drug-likeness (QED) is 0.728. The summed E-state index contributed by atoms with van der Waals surface area (Å²) in [7, 11) is 0. The van der Waals surface area contributed by atoms with Gasteiger partial charge in [-0.25, -0.2) is 4.98 Å². The van der Waals surface area contributed by atoms with Gasteiger partial charge < -0.3 is 9.42 Å². The minimum atomic E-state index is 0.250. The summed E-state index contributed by atoms with van der Waals surface area (Å²) >= 11 is 0. The Labute approximate surface area is 145 Å². The summed E-state index contributed by atoms with van der Waals surface area (Å²) in [6, 6.07) is 11.4. The first-order valence-corrected chi connectivity index (χ1v) is 8.19. The van der Waals surface area contributed by atoms with Gasteiger partial charge in [0.25, 0.3) is 0 Å². The van der Waals surface area contributed by atoms with E-state index in [9.17, 15) is 0 Å². The van der Waals surface area contributed by atoms with Crippen molar-refractivity contribution >= 4 is 5.82 Å². The Morgan fingerprint density at radius 2 is 2.00 bits per heavy atom. The zero-order valence-electron chi connectivity index (χ0n) is 13.5. The third-order valence-electron chi connectivity index (χ3n) is 4.38. The molecule has 0 spiro atoms. The Kier molecular flexibility index (Phi) is 4.09. The van der Waals surface area contributed by atoms with Crippen molar-refractivity contribution in [2.24, 2.45) is 0 Å². The molecule has 0 radical (unpaired) electrons. The summed E-state index contributed by atoms with van der Waals surface area (Å²) in [6.45, 7) is 1.73. The number of anilines is 1. The molecule has 25 heavy (non-hydrogen) atoms. The number of nitrogens with zero attached hydrogens (tertiary/aromatic N) is 6. The number of aromatic nitrogens is 4. The van der Waals surface area contributed by atoms with Crippen LogP contribution in [0.1, 0.15) is 30.2 Å². The van der Waals surface area contributed by atoms with Gasteiger partial charge in [0, 0.05) is 31.4 Å². The molecule has 0 unspecified atom stereocenters. The summed E-state index contributed by atoms with van der Waals surface area (Å²) in [5.41, 5.74) is 1.29. The van der Waals surface area contributed by atoms with Crippen molar-refractivity contribution in [3.8, 4) is 17.6 Å². The van der Waals surface area contributed by atoms with E-state index >= 15 is 0 Å². The Balaban J connectivity index is 1.42. The number of pyridine rings is 2. The summed E-state index contributed by atoms with van der Waals surface area (Å²) in [5, 5.41) is 12.9. The van der Waals surface area contributed by atoms with Gasteiger partial charge in [-0.2, -0.15) is 10.2 Å². The lowest BCUT2D eigenvalue weighted by Gasteiger charge is -2.31. The minimum Gasteiger partial charge on any atom is -0.357 e. The number of nitriles is 1. The molecule has 0 aromatic carbocycles. The van der Waals surface area contributed by atoms with Crippen LogP contribution in [0.4, 0.5) is 5.82 Å². The molecule has 1 aliphatic heterocycles. The third-order valence-corrected chi connectivity index (χ3v) is 4.38. The van der Waals surface area contributed by atoms with E-state index in [-0.39, 0.29) is 5.92 Å². The summed E-state index contributed by atoms with van der Waals surface area (Å²) < 4.78 is 5.46. The predicted molar refractivity (Wildman–Crippen MR) is 90.7 cm³/mol. The van der Waals surface area contributed by atoms with Crippen LogP contribution in [-0.2, 0) is 0 Å². The van der Waals surface area contributed by atoms with E-state index in [1.165, 1.54) is 0 Å². The fourth-order valence-electron chi connectivity index (χ4n) is 2.99. The second-order valence-corrected chi connectivity index (χ2v) is 5.95. The minimum absolute atomic E-state index is 0.250. The van der Waals surface area contributed by atoms with Crippen LogP contribution < -0.4 is 4.90 Å². The van der Waals surface area contributed by atoms with Crippen molar-refractivity contribution < 1.29 is 4.52 Å². The average molecular weight is 332 g/mol. The molecule has 7 nitrogen and oxygen atoms in total. The van der Waals surface area contributed by atoms with Crippen molar-refractivity contribution in [2.45, 2.75) is 18.8 Å². The second-order valence-electron chi connectivity index (χ2n) is 5.95. The largest absolute Gasteiger partial charge is 0.357 e. The molecule has 0 atom stereocenters. The third kappa shape index (κ3) is 3.19. The van der Waals surface area contributed by atoms with E-state index in [0.717, 1.165) is 37.4 Å². The molecular weight excluding hydrogens is 316 g/mol. The highest BCUT2D eigenvalue weighted by molar-refractivity contribution is 5.47. The van der Waals surface area contributed by atoms with Gasteiger partial charge in [-0.3, -0.25) is 4.98 Å². The van der Waals surface area contributed by atoms with Crippen LogP contribution in [0.25, 0.3) is 11.5 Å². The maximum absolute atomic E-state index is 8.85. The number of hydrogen-bond donors (Lipinski definition) is 0. The molecule has 3 aromatic heterocycles. The standard InChI is InChI=1S/C18H16N6O/c19-11-13-4-5-16(21-12-13)24-9-6-14(7-10-24)18-22-17(23-25-18)15-3-1-2-8-20-15/h1-5,8,12,14H,6-7,9-10H2. The lowest BCUT2D eigenvalue weighted by atomic mass is 9.97. The van der Waals surface area contributed by atoms with Crippen molar-refractivity contribution in [2.75, 3.05) is 18.0 Å². The maximum Gasteiger partial charge on any atom is 0.230 e. The number of rotatable bonds is 3. The predicted octanol–water partition coefficient (Wildman–Crippen LogP) is 2.78. The molecule has 124 valence electrons. The first-order valence-electron chi connectivity index (χ1n) is 8.19. The molecule has 0 N–H and O–H groups in total. The zero-order chi connectivity index (χ0) is 17.1. The van der Waals surface area contributed by atoms with Gasteiger partial charge in [-0.05, 0) is 37.1 Å². The van der Waals surface area contributed by atoms with Crippen LogP contribution >= 0.6 is 0 Å². The molecule has 1 saturated heterocycles. The average Bonchev–Trinajstić information content (AvgIpc) is 3.19.